The zero-order valence-electron chi connectivity index (χ0n) is 17.2. The number of halogens is 2. The van der Waals surface area contributed by atoms with Crippen molar-refractivity contribution < 1.29 is 19.7 Å². The molecule has 0 bridgehead atoms. The summed E-state index contributed by atoms with van der Waals surface area (Å²) in [5.74, 6) is 0.498. The number of ether oxygens (including phenoxy) is 1. The first kappa shape index (κ1) is 21.9. The van der Waals surface area contributed by atoms with Crippen LogP contribution in [0.4, 0.5) is 4.79 Å². The Balaban J connectivity index is 1.63. The van der Waals surface area contributed by atoms with Gasteiger partial charge in [-0.25, -0.2) is 0 Å². The van der Waals surface area contributed by atoms with Gasteiger partial charge in [0, 0.05) is 0 Å². The third-order valence-electron chi connectivity index (χ3n) is 4.97. The van der Waals surface area contributed by atoms with Crippen LogP contribution in [-0.2, 0) is 5.60 Å². The van der Waals surface area contributed by atoms with Crippen LogP contribution in [0.5, 0.6) is 6.01 Å². The van der Waals surface area contributed by atoms with Crippen LogP contribution in [0, 0.1) is 0 Å². The van der Waals surface area contributed by atoms with Crippen molar-refractivity contribution in [1.82, 2.24) is 9.97 Å². The molecule has 0 amide bonds. The second kappa shape index (κ2) is 8.29. The van der Waals surface area contributed by atoms with Crippen molar-refractivity contribution in [2.75, 3.05) is 0 Å². The van der Waals surface area contributed by atoms with Crippen molar-refractivity contribution in [2.24, 2.45) is 0 Å². The van der Waals surface area contributed by atoms with Crippen LogP contribution in [0.15, 0.2) is 58.4 Å². The molecule has 2 aromatic carbocycles. The average Bonchev–Trinajstić information content (AvgIpc) is 3.09. The number of aliphatic hydroxyl groups is 1. The normalized spacial score (nSPS) is 17.6. The van der Waals surface area contributed by atoms with Gasteiger partial charge in [0.15, 0.2) is 0 Å². The minimum absolute atomic E-state index is 0.0499. The van der Waals surface area contributed by atoms with Gasteiger partial charge in [0.05, 0.1) is 5.60 Å². The van der Waals surface area contributed by atoms with E-state index in [1.807, 2.05) is 43.3 Å². The first-order valence-corrected chi connectivity index (χ1v) is 13.6. The van der Waals surface area contributed by atoms with E-state index in [0.29, 0.717) is 16.3 Å². The molecule has 162 valence electrons. The van der Waals surface area contributed by atoms with Gasteiger partial charge in [-0.1, -0.05) is 0 Å². The number of carboxylic acid groups (broad SMARTS) is 1. The predicted molar refractivity (Wildman–Crippen MR) is 131 cm³/mol. The Kier molecular flexibility index (Phi) is 5.85. The molecular weight excluding hydrogens is 531 g/mol. The van der Waals surface area contributed by atoms with Crippen molar-refractivity contribution in [3.05, 3.63) is 69.0 Å². The minimum atomic E-state index is -2.33. The third kappa shape index (κ3) is 4.63. The number of allylic oxidation sites excluding steroid dienone is 2. The molecule has 0 saturated carbocycles. The Morgan fingerprint density at radius 3 is 2.61 bits per heavy atom. The van der Waals surface area contributed by atoms with Crippen LogP contribution in [0.2, 0.25) is 5.02 Å². The molecule has 4 rings (SSSR count). The number of carbonyl (C=O) groups is 1. The van der Waals surface area contributed by atoms with E-state index in [4.69, 9.17) is 16.3 Å². The standard InChI is InChI=1S/C23H22ClIN2O4/c1-13-4-9-16(12-25(13)21(28)29)31-22-26-19-10-17(18(24)11-20(19)27-22)14-5-7-15(8-6-14)23(2,3)30/h4-13,30H,1-3H3,(H,26,27)(H,28,29). The van der Waals surface area contributed by atoms with Gasteiger partial charge in [-0.3, -0.25) is 0 Å². The molecule has 8 heteroatoms. The van der Waals surface area contributed by atoms with Crippen LogP contribution >= 0.6 is 31.4 Å². The van der Waals surface area contributed by atoms with Crippen LogP contribution in [-0.4, -0.2) is 28.1 Å². The summed E-state index contributed by atoms with van der Waals surface area (Å²) in [6.07, 6.45) is 3.67. The zero-order valence-corrected chi connectivity index (χ0v) is 20.1. The summed E-state index contributed by atoms with van der Waals surface area (Å²) < 4.78 is 6.88. The Labute approximate surface area is 192 Å². The molecule has 0 fully saturated rings. The second-order valence-electron chi connectivity index (χ2n) is 7.77. The van der Waals surface area contributed by atoms with Crippen LogP contribution in [0.25, 0.3) is 22.2 Å². The third-order valence-corrected chi connectivity index (χ3v) is 10.2. The summed E-state index contributed by atoms with van der Waals surface area (Å²) in [7, 11) is 0. The van der Waals surface area contributed by atoms with E-state index in [0.717, 1.165) is 22.2 Å². The van der Waals surface area contributed by atoms with Gasteiger partial charge in [-0.15, -0.1) is 0 Å². The molecule has 1 aliphatic heterocycles. The number of H-pyrrole nitrogens is 1. The molecule has 3 aromatic rings. The van der Waals surface area contributed by atoms with Gasteiger partial charge in [-0.05, 0) is 13.8 Å². The quantitative estimate of drug-likeness (QED) is 0.191. The number of aromatic amines is 1. The fraction of sp³-hybridized carbons (Fsp3) is 0.217. The molecule has 2 heterocycles. The Morgan fingerprint density at radius 2 is 1.97 bits per heavy atom. The number of fused-ring (bicyclic) bond motifs is 1. The van der Waals surface area contributed by atoms with Gasteiger partial charge >= 0.3 is 168 Å². The number of rotatable bonds is 5. The summed E-state index contributed by atoms with van der Waals surface area (Å²) in [5.41, 5.74) is 3.04. The summed E-state index contributed by atoms with van der Waals surface area (Å²) in [4.78, 5) is 19.1. The average molecular weight is 553 g/mol. The van der Waals surface area contributed by atoms with Crippen LogP contribution < -0.4 is 4.74 Å². The van der Waals surface area contributed by atoms with Crippen molar-refractivity contribution in [3.8, 4) is 17.1 Å². The Bertz CT molecular complexity index is 1210. The van der Waals surface area contributed by atoms with Crippen molar-refractivity contribution in [1.29, 1.82) is 0 Å². The number of alkyl halides is 1. The molecule has 31 heavy (non-hydrogen) atoms. The van der Waals surface area contributed by atoms with E-state index in [2.05, 4.69) is 9.97 Å². The molecule has 0 spiro atoms. The van der Waals surface area contributed by atoms with Gasteiger partial charge < -0.3 is 5.11 Å². The summed E-state index contributed by atoms with van der Waals surface area (Å²) in [6.45, 7) is 5.40. The molecule has 1 aromatic heterocycles. The maximum atomic E-state index is 11.5. The monoisotopic (exact) mass is 552 g/mol. The van der Waals surface area contributed by atoms with E-state index < -0.39 is 29.4 Å². The molecule has 6 nitrogen and oxygen atoms in total. The number of aromatic nitrogens is 2. The molecular formula is C23H22ClIN2O4. The SMILES string of the molecule is CC1C=CC(Oc2nc3cc(-c4ccc(C(C)(C)O)cc4)c(Cl)cc3[nH]2)=CI1C(=O)O. The van der Waals surface area contributed by atoms with Crippen molar-refractivity contribution in [3.63, 3.8) is 0 Å². The molecule has 1 aliphatic rings. The summed E-state index contributed by atoms with van der Waals surface area (Å²) in [5, 5.41) is 20.1. The maximum absolute atomic E-state index is 11.5. The van der Waals surface area contributed by atoms with Crippen molar-refractivity contribution in [2.45, 2.75) is 30.3 Å². The molecule has 3 N–H and O–H groups in total. The molecule has 1 atom stereocenters. The summed E-state index contributed by atoms with van der Waals surface area (Å²) in [6, 6.07) is 11.5. The van der Waals surface area contributed by atoms with Gasteiger partial charge in [-0.2, -0.15) is 0 Å². The van der Waals surface area contributed by atoms with E-state index in [9.17, 15) is 15.0 Å². The van der Waals surface area contributed by atoms with Crippen molar-refractivity contribution >= 4 is 46.4 Å². The predicted octanol–water partition coefficient (Wildman–Crippen LogP) is 6.47. The van der Waals surface area contributed by atoms with E-state index in [1.165, 1.54) is 0 Å². The first-order chi connectivity index (χ1) is 14.6. The number of hydrogen-bond donors (Lipinski definition) is 3. The van der Waals surface area contributed by atoms with E-state index >= 15 is 0 Å². The molecule has 0 saturated heterocycles. The number of nitrogens with one attached hydrogen (secondary N) is 1. The first-order valence-electron chi connectivity index (χ1n) is 9.62. The van der Waals surface area contributed by atoms with E-state index in [-0.39, 0.29) is 9.94 Å². The van der Waals surface area contributed by atoms with Gasteiger partial charge in [0.1, 0.15) is 0 Å². The van der Waals surface area contributed by atoms with E-state index in [1.54, 1.807) is 30.1 Å². The molecule has 0 radical (unpaired) electrons. The van der Waals surface area contributed by atoms with Gasteiger partial charge in [0.2, 0.25) is 0 Å². The van der Waals surface area contributed by atoms with Crippen LogP contribution in [0.1, 0.15) is 26.3 Å². The second-order valence-corrected chi connectivity index (χ2v) is 13.7. The number of benzene rings is 2. The van der Waals surface area contributed by atoms with Gasteiger partial charge in [0.25, 0.3) is 0 Å². The fourth-order valence-electron chi connectivity index (χ4n) is 3.25. The summed E-state index contributed by atoms with van der Waals surface area (Å²) >= 11 is 4.19. The molecule has 0 aliphatic carbocycles. The van der Waals surface area contributed by atoms with Crippen LogP contribution in [0.3, 0.4) is 0 Å². The fourth-order valence-corrected chi connectivity index (χ4v) is 6.85. The number of nitrogens with zero attached hydrogens (tertiary/aromatic N) is 1. The Morgan fingerprint density at radius 1 is 1.26 bits per heavy atom. The zero-order chi connectivity index (χ0) is 22.3. The number of hydrogen-bond acceptors (Lipinski definition) is 4. The Hall–Kier alpha value is -2.36. The number of imidazole rings is 1. The topological polar surface area (TPSA) is 95.4 Å². The molecule has 1 unspecified atom stereocenters.